The van der Waals surface area contributed by atoms with Crippen LogP contribution >= 0.6 is 0 Å². The number of fused-ring (bicyclic) bond motifs is 1. The highest BCUT2D eigenvalue weighted by atomic mass is 16.5. The number of hydrogen-bond donors (Lipinski definition) is 2. The van der Waals surface area contributed by atoms with Crippen molar-refractivity contribution in [2.75, 3.05) is 6.61 Å². The van der Waals surface area contributed by atoms with Gasteiger partial charge in [0, 0.05) is 17.0 Å². The molecule has 1 aromatic heterocycles. The molecular weight excluding hydrogens is 218 g/mol. The van der Waals surface area contributed by atoms with Crippen molar-refractivity contribution >= 4 is 16.9 Å². The fourth-order valence-corrected chi connectivity index (χ4v) is 1.65. The molecule has 0 aliphatic rings. The molecule has 90 valence electrons. The molecule has 17 heavy (non-hydrogen) atoms. The highest BCUT2D eigenvalue weighted by molar-refractivity contribution is 5.94. The molecule has 1 aromatic carbocycles. The molecule has 4 nitrogen and oxygen atoms in total. The summed E-state index contributed by atoms with van der Waals surface area (Å²) in [6, 6.07) is 7.17. The van der Waals surface area contributed by atoms with Crippen LogP contribution < -0.4 is 4.74 Å². The van der Waals surface area contributed by atoms with Crippen LogP contribution in [-0.4, -0.2) is 22.7 Å². The molecule has 2 aromatic rings. The predicted octanol–water partition coefficient (Wildman–Crippen LogP) is 3.05. The van der Waals surface area contributed by atoms with E-state index in [1.165, 1.54) is 0 Å². The molecule has 2 rings (SSSR count). The molecule has 0 saturated carbocycles. The number of benzene rings is 1. The maximum absolute atomic E-state index is 10.8. The normalized spacial score (nSPS) is 10.6. The summed E-state index contributed by atoms with van der Waals surface area (Å²) in [7, 11) is 0. The van der Waals surface area contributed by atoms with E-state index in [2.05, 4.69) is 11.9 Å². The van der Waals surface area contributed by atoms with E-state index < -0.39 is 5.97 Å². The molecule has 4 heteroatoms. The lowest BCUT2D eigenvalue weighted by atomic mass is 10.2. The Balaban J connectivity index is 2.21. The third kappa shape index (κ3) is 2.58. The van der Waals surface area contributed by atoms with Gasteiger partial charge in [-0.3, -0.25) is 0 Å². The van der Waals surface area contributed by atoms with Gasteiger partial charge in [-0.05, 0) is 24.6 Å². The second-order valence-corrected chi connectivity index (χ2v) is 3.94. The first kappa shape index (κ1) is 11.5. The van der Waals surface area contributed by atoms with Crippen molar-refractivity contribution < 1.29 is 14.6 Å². The van der Waals surface area contributed by atoms with Crippen LogP contribution in [0.1, 0.15) is 30.3 Å². The predicted molar refractivity (Wildman–Crippen MR) is 65.7 cm³/mol. The van der Waals surface area contributed by atoms with Crippen molar-refractivity contribution in [3.8, 4) is 5.75 Å². The van der Waals surface area contributed by atoms with Gasteiger partial charge in [0.2, 0.25) is 0 Å². The number of carboxylic acids is 1. The zero-order valence-corrected chi connectivity index (χ0v) is 9.69. The average molecular weight is 233 g/mol. The number of H-pyrrole nitrogens is 1. The van der Waals surface area contributed by atoms with Gasteiger partial charge in [-0.1, -0.05) is 13.3 Å². The van der Waals surface area contributed by atoms with E-state index in [1.807, 2.05) is 18.2 Å². The van der Waals surface area contributed by atoms with Gasteiger partial charge < -0.3 is 14.8 Å². The minimum Gasteiger partial charge on any atom is -0.494 e. The summed E-state index contributed by atoms with van der Waals surface area (Å²) in [6.45, 7) is 2.80. The summed E-state index contributed by atoms with van der Waals surface area (Å²) >= 11 is 0. The molecule has 0 saturated heterocycles. The van der Waals surface area contributed by atoms with Crippen molar-refractivity contribution in [3.05, 3.63) is 30.0 Å². The van der Waals surface area contributed by atoms with E-state index in [-0.39, 0.29) is 5.69 Å². The Morgan fingerprint density at radius 1 is 1.41 bits per heavy atom. The van der Waals surface area contributed by atoms with Crippen molar-refractivity contribution in [1.82, 2.24) is 4.98 Å². The Bertz CT molecular complexity index is 530. The summed E-state index contributed by atoms with van der Waals surface area (Å²) < 4.78 is 5.56. The Hall–Kier alpha value is -1.97. The van der Waals surface area contributed by atoms with Crippen molar-refractivity contribution in [2.24, 2.45) is 0 Å². The maximum atomic E-state index is 10.8. The topological polar surface area (TPSA) is 62.3 Å². The summed E-state index contributed by atoms with van der Waals surface area (Å²) in [5, 5.41) is 9.75. The number of carboxylic acid groups (broad SMARTS) is 1. The molecule has 0 bridgehead atoms. The van der Waals surface area contributed by atoms with Crippen molar-refractivity contribution in [2.45, 2.75) is 19.8 Å². The van der Waals surface area contributed by atoms with Crippen LogP contribution in [0, 0.1) is 0 Å². The molecule has 0 spiro atoms. The molecular formula is C13H15NO3. The zero-order valence-electron chi connectivity index (χ0n) is 9.69. The number of unbranched alkanes of at least 4 members (excludes halogenated alkanes) is 1. The Morgan fingerprint density at radius 2 is 2.24 bits per heavy atom. The van der Waals surface area contributed by atoms with E-state index in [9.17, 15) is 4.79 Å². The number of aromatic carboxylic acids is 1. The zero-order chi connectivity index (χ0) is 12.3. The first-order chi connectivity index (χ1) is 8.20. The standard InChI is InChI=1S/C13H15NO3/c1-2-3-6-17-10-5-4-9-7-12(13(15)16)14-11(9)8-10/h4-5,7-8,14H,2-3,6H2,1H3,(H,15,16). The minimum absolute atomic E-state index is 0.200. The third-order valence-corrected chi connectivity index (χ3v) is 2.59. The molecule has 0 amide bonds. The average Bonchev–Trinajstić information content (AvgIpc) is 2.72. The number of nitrogens with one attached hydrogen (secondary N) is 1. The first-order valence-electron chi connectivity index (χ1n) is 5.69. The van der Waals surface area contributed by atoms with Gasteiger partial charge in [-0.25, -0.2) is 4.79 Å². The number of carbonyl (C=O) groups is 1. The Morgan fingerprint density at radius 3 is 2.94 bits per heavy atom. The molecule has 0 aliphatic heterocycles. The van der Waals surface area contributed by atoms with Gasteiger partial charge in [0.15, 0.2) is 0 Å². The van der Waals surface area contributed by atoms with E-state index in [0.717, 1.165) is 29.5 Å². The number of ether oxygens (including phenoxy) is 1. The molecule has 0 radical (unpaired) electrons. The summed E-state index contributed by atoms with van der Waals surface area (Å²) in [5.41, 5.74) is 0.988. The first-order valence-corrected chi connectivity index (χ1v) is 5.69. The highest BCUT2D eigenvalue weighted by Gasteiger charge is 2.07. The van der Waals surface area contributed by atoms with E-state index in [1.54, 1.807) is 6.07 Å². The lowest BCUT2D eigenvalue weighted by Gasteiger charge is -2.04. The number of aromatic nitrogens is 1. The third-order valence-electron chi connectivity index (χ3n) is 2.59. The molecule has 1 heterocycles. The van der Waals surface area contributed by atoms with Crippen LogP contribution in [0.5, 0.6) is 5.75 Å². The van der Waals surface area contributed by atoms with Gasteiger partial charge >= 0.3 is 5.97 Å². The van der Waals surface area contributed by atoms with Gasteiger partial charge in [0.05, 0.1) is 6.61 Å². The second-order valence-electron chi connectivity index (χ2n) is 3.94. The van der Waals surface area contributed by atoms with Crippen LogP contribution in [0.2, 0.25) is 0 Å². The lowest BCUT2D eigenvalue weighted by Crippen LogP contribution is -1.96. The lowest BCUT2D eigenvalue weighted by molar-refractivity contribution is 0.0691. The van der Waals surface area contributed by atoms with Crippen molar-refractivity contribution in [1.29, 1.82) is 0 Å². The van der Waals surface area contributed by atoms with Gasteiger partial charge in [-0.2, -0.15) is 0 Å². The van der Waals surface area contributed by atoms with E-state index in [4.69, 9.17) is 9.84 Å². The number of aromatic amines is 1. The molecule has 2 N–H and O–H groups in total. The summed E-state index contributed by atoms with van der Waals surface area (Å²) in [6.07, 6.45) is 2.11. The van der Waals surface area contributed by atoms with E-state index >= 15 is 0 Å². The smallest absolute Gasteiger partial charge is 0.352 e. The van der Waals surface area contributed by atoms with E-state index in [0.29, 0.717) is 6.61 Å². The van der Waals surface area contributed by atoms with Crippen LogP contribution in [0.15, 0.2) is 24.3 Å². The van der Waals surface area contributed by atoms with Gasteiger partial charge in [0.1, 0.15) is 11.4 Å². The Labute approximate surface area is 99.2 Å². The van der Waals surface area contributed by atoms with Crippen LogP contribution in [-0.2, 0) is 0 Å². The Kier molecular flexibility index (Phi) is 3.32. The quantitative estimate of drug-likeness (QED) is 0.780. The number of hydrogen-bond acceptors (Lipinski definition) is 2. The SMILES string of the molecule is CCCCOc1ccc2cc(C(=O)O)[nH]c2c1. The molecule has 0 fully saturated rings. The van der Waals surface area contributed by atoms with Crippen LogP contribution in [0.4, 0.5) is 0 Å². The minimum atomic E-state index is -0.949. The monoisotopic (exact) mass is 233 g/mol. The van der Waals surface area contributed by atoms with Crippen molar-refractivity contribution in [3.63, 3.8) is 0 Å². The summed E-state index contributed by atoms with van der Waals surface area (Å²) in [5.74, 6) is -0.181. The molecule has 0 atom stereocenters. The second kappa shape index (κ2) is 4.91. The van der Waals surface area contributed by atoms with Crippen LogP contribution in [0.25, 0.3) is 10.9 Å². The fourth-order valence-electron chi connectivity index (χ4n) is 1.65. The number of rotatable bonds is 5. The molecule has 0 aliphatic carbocycles. The van der Waals surface area contributed by atoms with Crippen LogP contribution in [0.3, 0.4) is 0 Å². The maximum Gasteiger partial charge on any atom is 0.352 e. The fraction of sp³-hybridized carbons (Fsp3) is 0.308. The molecule has 0 unspecified atom stereocenters. The summed E-state index contributed by atoms with van der Waals surface area (Å²) in [4.78, 5) is 13.7. The van der Waals surface area contributed by atoms with Gasteiger partial charge in [0.25, 0.3) is 0 Å². The highest BCUT2D eigenvalue weighted by Crippen LogP contribution is 2.21. The largest absolute Gasteiger partial charge is 0.494 e. The van der Waals surface area contributed by atoms with Gasteiger partial charge in [-0.15, -0.1) is 0 Å².